The minimum absolute atomic E-state index is 0.384. The molecule has 0 bridgehead atoms. The van der Waals surface area contributed by atoms with E-state index in [0.29, 0.717) is 25.1 Å². The smallest absolute Gasteiger partial charge is 0.0897 e. The van der Waals surface area contributed by atoms with Crippen molar-refractivity contribution in [3.63, 3.8) is 0 Å². The Morgan fingerprint density at radius 3 is 2.64 bits per heavy atom. The van der Waals surface area contributed by atoms with E-state index in [0.717, 1.165) is 6.42 Å². The van der Waals surface area contributed by atoms with Gasteiger partial charge in [0, 0.05) is 19.7 Å². The number of aliphatic hydroxyl groups is 1. The minimum atomic E-state index is -0.418. The van der Waals surface area contributed by atoms with Crippen LogP contribution < -0.4 is 5.32 Å². The first-order valence-electron chi connectivity index (χ1n) is 5.13. The topological polar surface area (TPSA) is 41.5 Å². The average Bonchev–Trinajstić information content (AvgIpc) is 2.15. The summed E-state index contributed by atoms with van der Waals surface area (Å²) in [6.45, 7) is 8.96. The molecule has 3 heteroatoms. The molecule has 0 heterocycles. The van der Waals surface area contributed by atoms with Gasteiger partial charge in [-0.2, -0.15) is 0 Å². The molecule has 3 atom stereocenters. The van der Waals surface area contributed by atoms with Crippen LogP contribution in [0.2, 0.25) is 0 Å². The van der Waals surface area contributed by atoms with Gasteiger partial charge in [-0.15, -0.1) is 6.58 Å². The molecule has 0 spiro atoms. The molecular weight excluding hydrogens is 178 g/mol. The fourth-order valence-corrected chi connectivity index (χ4v) is 1.24. The Bertz CT molecular complexity index is 150. The number of hydrogen-bond donors (Lipinski definition) is 2. The lowest BCUT2D eigenvalue weighted by atomic mass is 10.00. The van der Waals surface area contributed by atoms with Crippen LogP contribution in [0.3, 0.4) is 0 Å². The van der Waals surface area contributed by atoms with Crippen LogP contribution in [-0.4, -0.2) is 37.5 Å². The summed E-state index contributed by atoms with van der Waals surface area (Å²) in [6, 6.07) is 0.388. The second kappa shape index (κ2) is 7.97. The highest BCUT2D eigenvalue weighted by atomic mass is 16.5. The van der Waals surface area contributed by atoms with Gasteiger partial charge in [0.25, 0.3) is 0 Å². The van der Waals surface area contributed by atoms with E-state index < -0.39 is 6.10 Å². The molecular formula is C11H23NO2. The fraction of sp³-hybridized carbons (Fsp3) is 0.818. The third-order valence-corrected chi connectivity index (χ3v) is 2.43. The number of allylic oxidation sites excluding steroid dienone is 1. The quantitative estimate of drug-likeness (QED) is 0.580. The van der Waals surface area contributed by atoms with Crippen molar-refractivity contribution in [3.8, 4) is 0 Å². The van der Waals surface area contributed by atoms with Gasteiger partial charge in [-0.05, 0) is 19.3 Å². The summed E-state index contributed by atoms with van der Waals surface area (Å²) in [5.74, 6) is 0.544. The van der Waals surface area contributed by atoms with Crippen molar-refractivity contribution in [2.45, 2.75) is 32.4 Å². The molecule has 2 N–H and O–H groups in total. The van der Waals surface area contributed by atoms with E-state index in [1.54, 1.807) is 7.11 Å². The highest BCUT2D eigenvalue weighted by Crippen LogP contribution is 2.07. The number of nitrogens with one attached hydrogen (secondary N) is 1. The maximum atomic E-state index is 9.40. The van der Waals surface area contributed by atoms with Gasteiger partial charge in [0.2, 0.25) is 0 Å². The molecule has 0 aliphatic carbocycles. The number of aliphatic hydroxyl groups excluding tert-OH is 1. The average molecular weight is 201 g/mol. The molecule has 0 aromatic carbocycles. The maximum absolute atomic E-state index is 9.40. The second-order valence-electron chi connectivity index (χ2n) is 3.81. The Morgan fingerprint density at radius 1 is 1.50 bits per heavy atom. The van der Waals surface area contributed by atoms with Crippen LogP contribution in [0, 0.1) is 5.92 Å². The van der Waals surface area contributed by atoms with Crippen LogP contribution in [-0.2, 0) is 4.74 Å². The Hall–Kier alpha value is -0.380. The first kappa shape index (κ1) is 13.6. The van der Waals surface area contributed by atoms with Crippen molar-refractivity contribution in [1.29, 1.82) is 0 Å². The summed E-state index contributed by atoms with van der Waals surface area (Å²) in [4.78, 5) is 0. The van der Waals surface area contributed by atoms with Crippen LogP contribution in [0.1, 0.15) is 20.3 Å². The molecule has 0 fully saturated rings. The molecule has 0 aromatic heterocycles. The highest BCUT2D eigenvalue weighted by Gasteiger charge is 2.11. The van der Waals surface area contributed by atoms with Gasteiger partial charge in [-0.1, -0.05) is 13.0 Å². The molecule has 0 saturated heterocycles. The molecule has 0 aliphatic heterocycles. The van der Waals surface area contributed by atoms with Crippen LogP contribution in [0.15, 0.2) is 12.7 Å². The Labute approximate surface area is 87.2 Å². The molecule has 84 valence electrons. The zero-order valence-corrected chi connectivity index (χ0v) is 9.49. The predicted octanol–water partition coefficient (Wildman–Crippen LogP) is 1.18. The van der Waals surface area contributed by atoms with Crippen molar-refractivity contribution >= 4 is 0 Å². The number of methoxy groups -OCH3 is 1. The van der Waals surface area contributed by atoms with Crippen LogP contribution >= 0.6 is 0 Å². The molecule has 0 amide bonds. The van der Waals surface area contributed by atoms with E-state index in [9.17, 15) is 5.11 Å². The monoisotopic (exact) mass is 201 g/mol. The maximum Gasteiger partial charge on any atom is 0.0897 e. The highest BCUT2D eigenvalue weighted by molar-refractivity contribution is 4.77. The van der Waals surface area contributed by atoms with E-state index in [1.165, 1.54) is 0 Å². The van der Waals surface area contributed by atoms with Gasteiger partial charge < -0.3 is 15.2 Å². The van der Waals surface area contributed by atoms with Crippen molar-refractivity contribution < 1.29 is 9.84 Å². The molecule has 14 heavy (non-hydrogen) atoms. The molecule has 3 unspecified atom stereocenters. The molecule has 3 nitrogen and oxygen atoms in total. The summed E-state index contributed by atoms with van der Waals surface area (Å²) in [7, 11) is 1.59. The first-order valence-corrected chi connectivity index (χ1v) is 5.13. The van der Waals surface area contributed by atoms with Crippen molar-refractivity contribution in [3.05, 3.63) is 12.7 Å². The third-order valence-electron chi connectivity index (χ3n) is 2.43. The lowest BCUT2D eigenvalue weighted by Gasteiger charge is -2.21. The van der Waals surface area contributed by atoms with Crippen LogP contribution in [0.25, 0.3) is 0 Å². The number of rotatable bonds is 8. The summed E-state index contributed by atoms with van der Waals surface area (Å²) >= 11 is 0. The third kappa shape index (κ3) is 6.13. The zero-order valence-electron chi connectivity index (χ0n) is 9.49. The van der Waals surface area contributed by atoms with Gasteiger partial charge >= 0.3 is 0 Å². The predicted molar refractivity (Wildman–Crippen MR) is 59.3 cm³/mol. The largest absolute Gasteiger partial charge is 0.389 e. The Morgan fingerprint density at radius 2 is 2.14 bits per heavy atom. The van der Waals surface area contributed by atoms with Gasteiger partial charge in [0.1, 0.15) is 0 Å². The molecule has 0 aromatic rings. The van der Waals surface area contributed by atoms with Crippen molar-refractivity contribution in [2.24, 2.45) is 5.92 Å². The van der Waals surface area contributed by atoms with E-state index in [4.69, 9.17) is 4.74 Å². The first-order chi connectivity index (χ1) is 6.61. The number of hydrogen-bond acceptors (Lipinski definition) is 3. The minimum Gasteiger partial charge on any atom is -0.389 e. The molecule has 0 aliphatic rings. The lowest BCUT2D eigenvalue weighted by molar-refractivity contribution is 0.0619. The lowest BCUT2D eigenvalue weighted by Crippen LogP contribution is -2.38. The van der Waals surface area contributed by atoms with Crippen LogP contribution in [0.5, 0.6) is 0 Å². The van der Waals surface area contributed by atoms with E-state index in [-0.39, 0.29) is 0 Å². The van der Waals surface area contributed by atoms with Gasteiger partial charge in [-0.3, -0.25) is 0 Å². The molecule has 0 rings (SSSR count). The summed E-state index contributed by atoms with van der Waals surface area (Å²) in [6.07, 6.45) is 2.50. The van der Waals surface area contributed by atoms with Crippen LogP contribution in [0.4, 0.5) is 0 Å². The van der Waals surface area contributed by atoms with Crippen molar-refractivity contribution in [2.75, 3.05) is 20.3 Å². The van der Waals surface area contributed by atoms with Gasteiger partial charge in [0.15, 0.2) is 0 Å². The Kier molecular flexibility index (Phi) is 7.76. The van der Waals surface area contributed by atoms with E-state index >= 15 is 0 Å². The van der Waals surface area contributed by atoms with Gasteiger partial charge in [-0.25, -0.2) is 0 Å². The normalized spacial score (nSPS) is 17.4. The van der Waals surface area contributed by atoms with Crippen molar-refractivity contribution in [1.82, 2.24) is 5.32 Å². The second-order valence-corrected chi connectivity index (χ2v) is 3.81. The fourth-order valence-electron chi connectivity index (χ4n) is 1.24. The summed E-state index contributed by atoms with van der Waals surface area (Å²) in [5.41, 5.74) is 0. The summed E-state index contributed by atoms with van der Waals surface area (Å²) in [5, 5.41) is 12.7. The number of ether oxygens (including phenoxy) is 1. The van der Waals surface area contributed by atoms with Gasteiger partial charge in [0.05, 0.1) is 12.7 Å². The molecule has 0 saturated carbocycles. The summed E-state index contributed by atoms with van der Waals surface area (Å²) < 4.78 is 4.84. The molecule has 0 radical (unpaired) electrons. The van der Waals surface area contributed by atoms with E-state index in [2.05, 4.69) is 25.7 Å². The Balaban J connectivity index is 3.60. The standard InChI is InChI=1S/C11H23NO2/c1-5-6-9(2)10(3)12-7-11(13)8-14-4/h5,9-13H,1,6-8H2,2-4H3. The van der Waals surface area contributed by atoms with E-state index in [1.807, 2.05) is 6.08 Å². The SMILES string of the molecule is C=CCC(C)C(C)NCC(O)COC. The zero-order chi connectivity index (χ0) is 11.0.